The maximum Gasteiger partial charge on any atom is 0.358 e. The number of esters is 1. The summed E-state index contributed by atoms with van der Waals surface area (Å²) in [6.45, 7) is 5.98. The van der Waals surface area contributed by atoms with Gasteiger partial charge in [0.1, 0.15) is 23.2 Å². The van der Waals surface area contributed by atoms with E-state index in [0.717, 1.165) is 44.0 Å². The highest BCUT2D eigenvalue weighted by Crippen LogP contribution is 2.37. The second-order valence-electron chi connectivity index (χ2n) is 8.96. The molecule has 2 heterocycles. The van der Waals surface area contributed by atoms with Crippen molar-refractivity contribution in [3.05, 3.63) is 77.4 Å². The molecule has 0 bridgehead atoms. The van der Waals surface area contributed by atoms with Crippen molar-refractivity contribution in [3.63, 3.8) is 0 Å². The summed E-state index contributed by atoms with van der Waals surface area (Å²) in [5, 5.41) is 0.745. The Kier molecular flexibility index (Phi) is 7.74. The standard InChI is InChI=1S/C28H25FN4O5S2/c1-4-37-28(34)23-15-30-26-21(11-16(2)12-22(26)32-23)27-33-25-17(3)13-19(14-24(25)39-27)38-10-9-31-40(35,36)20-7-5-18(29)6-8-20/h5-8,11-15,31H,4,9-10H2,1-3H3. The number of ether oxygens (including phenoxy) is 2. The summed E-state index contributed by atoms with van der Waals surface area (Å²) in [6, 6.07) is 12.2. The van der Waals surface area contributed by atoms with E-state index in [1.165, 1.54) is 29.7 Å². The van der Waals surface area contributed by atoms with E-state index in [2.05, 4.69) is 14.7 Å². The van der Waals surface area contributed by atoms with Crippen LogP contribution in [0.1, 0.15) is 28.5 Å². The number of carbonyl (C=O) groups is 1. The summed E-state index contributed by atoms with van der Waals surface area (Å²) in [7, 11) is -3.78. The molecule has 0 aliphatic heterocycles. The molecule has 3 aromatic carbocycles. The first-order chi connectivity index (χ1) is 19.1. The van der Waals surface area contributed by atoms with Gasteiger partial charge in [0.2, 0.25) is 10.0 Å². The van der Waals surface area contributed by atoms with Gasteiger partial charge in [-0.1, -0.05) is 0 Å². The molecule has 0 radical (unpaired) electrons. The zero-order chi connectivity index (χ0) is 28.4. The lowest BCUT2D eigenvalue weighted by Gasteiger charge is -2.09. The van der Waals surface area contributed by atoms with E-state index in [0.29, 0.717) is 16.8 Å². The molecule has 5 aromatic rings. The molecule has 12 heteroatoms. The third-order valence-electron chi connectivity index (χ3n) is 5.95. The van der Waals surface area contributed by atoms with Crippen LogP contribution in [0.4, 0.5) is 4.39 Å². The van der Waals surface area contributed by atoms with Crippen LogP contribution < -0.4 is 9.46 Å². The SMILES string of the molecule is CCOC(=O)c1cnc2c(-c3nc4c(C)cc(OCCNS(=O)(=O)c5ccc(F)cc5)cc4s3)cc(C)cc2n1. The minimum absolute atomic E-state index is 0.0196. The molecule has 0 spiro atoms. The quantitative estimate of drug-likeness (QED) is 0.187. The van der Waals surface area contributed by atoms with E-state index in [9.17, 15) is 17.6 Å². The predicted molar refractivity (Wildman–Crippen MR) is 151 cm³/mol. The highest BCUT2D eigenvalue weighted by molar-refractivity contribution is 7.89. The fourth-order valence-corrected chi connectivity index (χ4v) is 6.24. The van der Waals surface area contributed by atoms with Crippen molar-refractivity contribution in [2.45, 2.75) is 25.7 Å². The average molecular weight is 581 g/mol. The van der Waals surface area contributed by atoms with Crippen LogP contribution in [-0.4, -0.2) is 49.1 Å². The molecule has 0 fully saturated rings. The van der Waals surface area contributed by atoms with Crippen molar-refractivity contribution in [3.8, 4) is 16.3 Å². The summed E-state index contributed by atoms with van der Waals surface area (Å²) in [5.41, 5.74) is 4.80. The first-order valence-corrected chi connectivity index (χ1v) is 14.7. The molecule has 0 saturated heterocycles. The Morgan fingerprint density at radius 2 is 1.82 bits per heavy atom. The van der Waals surface area contributed by atoms with Gasteiger partial charge in [0.25, 0.3) is 0 Å². The summed E-state index contributed by atoms with van der Waals surface area (Å²) >= 11 is 1.47. The number of hydrogen-bond acceptors (Lipinski definition) is 9. The van der Waals surface area contributed by atoms with Gasteiger partial charge < -0.3 is 9.47 Å². The topological polar surface area (TPSA) is 120 Å². The van der Waals surface area contributed by atoms with E-state index >= 15 is 0 Å². The Labute approximate surface area is 234 Å². The van der Waals surface area contributed by atoms with E-state index in [4.69, 9.17) is 14.5 Å². The molecule has 0 aliphatic carbocycles. The number of aromatic nitrogens is 3. The summed E-state index contributed by atoms with van der Waals surface area (Å²) in [6.07, 6.45) is 1.41. The van der Waals surface area contributed by atoms with E-state index in [-0.39, 0.29) is 30.3 Å². The third kappa shape index (κ3) is 5.79. The second kappa shape index (κ2) is 11.2. The van der Waals surface area contributed by atoms with Crippen LogP contribution in [0.3, 0.4) is 0 Å². The van der Waals surface area contributed by atoms with Gasteiger partial charge in [-0.15, -0.1) is 11.3 Å². The van der Waals surface area contributed by atoms with Crippen LogP contribution in [-0.2, 0) is 14.8 Å². The van der Waals surface area contributed by atoms with Crippen molar-refractivity contribution < 1.29 is 27.1 Å². The van der Waals surface area contributed by atoms with Crippen molar-refractivity contribution >= 4 is 48.6 Å². The zero-order valence-electron chi connectivity index (χ0n) is 21.9. The maximum atomic E-state index is 13.1. The Morgan fingerprint density at radius 1 is 1.05 bits per heavy atom. The van der Waals surface area contributed by atoms with Crippen LogP contribution >= 0.6 is 11.3 Å². The number of aryl methyl sites for hydroxylation is 2. The van der Waals surface area contributed by atoms with Crippen LogP contribution in [0.2, 0.25) is 0 Å². The number of nitrogens with one attached hydrogen (secondary N) is 1. The first kappa shape index (κ1) is 27.6. The molecule has 2 aromatic heterocycles. The molecule has 0 atom stereocenters. The fourth-order valence-electron chi connectivity index (χ4n) is 4.14. The zero-order valence-corrected chi connectivity index (χ0v) is 23.5. The smallest absolute Gasteiger partial charge is 0.358 e. The maximum absolute atomic E-state index is 13.1. The summed E-state index contributed by atoms with van der Waals surface area (Å²) in [5.74, 6) is -0.452. The van der Waals surface area contributed by atoms with Crippen molar-refractivity contribution in [1.29, 1.82) is 0 Å². The van der Waals surface area contributed by atoms with Crippen molar-refractivity contribution in [2.24, 2.45) is 0 Å². The number of benzene rings is 3. The fraction of sp³-hybridized carbons (Fsp3) is 0.214. The first-order valence-electron chi connectivity index (χ1n) is 12.4. The lowest BCUT2D eigenvalue weighted by molar-refractivity contribution is 0.0519. The molecule has 206 valence electrons. The molecule has 0 saturated carbocycles. The van der Waals surface area contributed by atoms with Crippen LogP contribution in [0.25, 0.3) is 31.8 Å². The summed E-state index contributed by atoms with van der Waals surface area (Å²) < 4.78 is 52.1. The van der Waals surface area contributed by atoms with Crippen molar-refractivity contribution in [1.82, 2.24) is 19.7 Å². The highest BCUT2D eigenvalue weighted by atomic mass is 32.2. The number of thiazole rings is 1. The Balaban J connectivity index is 1.36. The second-order valence-corrected chi connectivity index (χ2v) is 11.8. The Morgan fingerprint density at radius 3 is 2.58 bits per heavy atom. The van der Waals surface area contributed by atoms with Crippen LogP contribution in [0, 0.1) is 19.7 Å². The van der Waals surface area contributed by atoms with E-state index in [1.54, 1.807) is 6.92 Å². The minimum Gasteiger partial charge on any atom is -0.492 e. The van der Waals surface area contributed by atoms with Gasteiger partial charge in [0.15, 0.2) is 5.69 Å². The van der Waals surface area contributed by atoms with Gasteiger partial charge in [-0.25, -0.2) is 32.3 Å². The molecule has 40 heavy (non-hydrogen) atoms. The monoisotopic (exact) mass is 580 g/mol. The van der Waals surface area contributed by atoms with Gasteiger partial charge in [-0.3, -0.25) is 4.98 Å². The number of fused-ring (bicyclic) bond motifs is 2. The molecule has 9 nitrogen and oxygen atoms in total. The lowest BCUT2D eigenvalue weighted by atomic mass is 10.1. The van der Waals surface area contributed by atoms with Crippen LogP contribution in [0.15, 0.2) is 59.6 Å². The van der Waals surface area contributed by atoms with Gasteiger partial charge >= 0.3 is 5.97 Å². The number of nitrogens with zero attached hydrogens (tertiary/aromatic N) is 3. The third-order valence-corrected chi connectivity index (χ3v) is 8.46. The van der Waals surface area contributed by atoms with Gasteiger partial charge in [-0.05, 0) is 80.4 Å². The minimum atomic E-state index is -3.78. The predicted octanol–water partition coefficient (Wildman–Crippen LogP) is 5.20. The molecule has 0 aliphatic rings. The van der Waals surface area contributed by atoms with E-state index in [1.807, 2.05) is 38.1 Å². The van der Waals surface area contributed by atoms with Crippen molar-refractivity contribution in [2.75, 3.05) is 19.8 Å². The number of halogens is 1. The molecular weight excluding hydrogens is 555 g/mol. The average Bonchev–Trinajstić information content (AvgIpc) is 3.35. The van der Waals surface area contributed by atoms with Gasteiger partial charge in [0, 0.05) is 12.1 Å². The van der Waals surface area contributed by atoms with E-state index < -0.39 is 21.8 Å². The molecule has 5 rings (SSSR count). The van der Waals surface area contributed by atoms with Crippen LogP contribution in [0.5, 0.6) is 5.75 Å². The van der Waals surface area contributed by atoms with Gasteiger partial charge in [-0.2, -0.15) is 0 Å². The highest BCUT2D eigenvalue weighted by Gasteiger charge is 2.17. The number of hydrogen-bond donors (Lipinski definition) is 1. The van der Waals surface area contributed by atoms with Gasteiger partial charge in [0.05, 0.1) is 38.9 Å². The molecule has 0 unspecified atom stereocenters. The number of rotatable bonds is 9. The normalized spacial score (nSPS) is 11.7. The molecular formula is C28H25FN4O5S2. The Hall–Kier alpha value is -4.00. The summed E-state index contributed by atoms with van der Waals surface area (Å²) in [4.78, 5) is 26.0. The molecule has 0 amide bonds. The largest absolute Gasteiger partial charge is 0.492 e. The number of carbonyl (C=O) groups excluding carboxylic acids is 1. The lowest BCUT2D eigenvalue weighted by Crippen LogP contribution is -2.28. The number of sulfonamides is 1. The molecule has 1 N–H and O–H groups in total. The Bertz CT molecular complexity index is 1840.